The van der Waals surface area contributed by atoms with Gasteiger partial charge in [-0.3, -0.25) is 4.79 Å². The predicted molar refractivity (Wildman–Crippen MR) is 118 cm³/mol. The number of anilines is 2. The van der Waals surface area contributed by atoms with Gasteiger partial charge in [-0.15, -0.1) is 0 Å². The van der Waals surface area contributed by atoms with E-state index in [-0.39, 0.29) is 10.8 Å². The van der Waals surface area contributed by atoms with Crippen molar-refractivity contribution in [2.24, 2.45) is 0 Å². The lowest BCUT2D eigenvalue weighted by Crippen LogP contribution is -2.65. The van der Waals surface area contributed by atoms with E-state index < -0.39 is 53.1 Å². The van der Waals surface area contributed by atoms with Gasteiger partial charge in [0, 0.05) is 24.0 Å². The molecular formula is C20H27N5O7S. The molecule has 1 fully saturated rings. The summed E-state index contributed by atoms with van der Waals surface area (Å²) in [7, 11) is -3.95. The highest BCUT2D eigenvalue weighted by Gasteiger charge is 2.44. The predicted octanol–water partition coefficient (Wildman–Crippen LogP) is -0.750. The van der Waals surface area contributed by atoms with Crippen molar-refractivity contribution in [2.75, 3.05) is 16.6 Å². The maximum absolute atomic E-state index is 12.7. The molecular weight excluding hydrogens is 454 g/mol. The smallest absolute Gasteiger partial charge is 0.264 e. The molecule has 0 spiro atoms. The summed E-state index contributed by atoms with van der Waals surface area (Å²) in [5.74, 6) is -0.490. The molecule has 6 N–H and O–H groups in total. The van der Waals surface area contributed by atoms with Crippen molar-refractivity contribution in [2.45, 2.75) is 56.2 Å². The van der Waals surface area contributed by atoms with Crippen LogP contribution in [-0.4, -0.2) is 76.8 Å². The van der Waals surface area contributed by atoms with Crippen LogP contribution in [0.15, 0.2) is 35.2 Å². The largest absolute Gasteiger partial charge is 0.394 e. The van der Waals surface area contributed by atoms with Gasteiger partial charge in [0.15, 0.2) is 6.23 Å². The maximum atomic E-state index is 12.7. The summed E-state index contributed by atoms with van der Waals surface area (Å²) in [5, 5.41) is 35.3. The van der Waals surface area contributed by atoms with Gasteiger partial charge >= 0.3 is 0 Å². The fourth-order valence-corrected chi connectivity index (χ4v) is 4.42. The monoisotopic (exact) mass is 481 g/mol. The van der Waals surface area contributed by atoms with Crippen molar-refractivity contribution >= 4 is 27.6 Å². The molecule has 0 saturated carbocycles. The van der Waals surface area contributed by atoms with Crippen molar-refractivity contribution < 1.29 is 33.3 Å². The number of nitrogens with zero attached hydrogens (tertiary/aromatic N) is 2. The van der Waals surface area contributed by atoms with E-state index in [9.17, 15) is 28.5 Å². The number of aliphatic hydroxyl groups excluding tert-OH is 3. The van der Waals surface area contributed by atoms with Gasteiger partial charge in [-0.05, 0) is 44.2 Å². The van der Waals surface area contributed by atoms with Gasteiger partial charge in [-0.1, -0.05) is 0 Å². The number of nitrogens with one attached hydrogen (secondary N) is 3. The first-order chi connectivity index (χ1) is 15.5. The molecule has 1 aliphatic rings. The highest BCUT2D eigenvalue weighted by Crippen LogP contribution is 2.24. The Balaban J connectivity index is 1.77. The minimum absolute atomic E-state index is 0.0361. The Bertz CT molecular complexity index is 1080. The fraction of sp³-hybridized carbons (Fsp3) is 0.450. The Morgan fingerprint density at radius 3 is 2.24 bits per heavy atom. The van der Waals surface area contributed by atoms with Crippen LogP contribution >= 0.6 is 0 Å². The molecule has 0 radical (unpaired) electrons. The minimum Gasteiger partial charge on any atom is -0.394 e. The molecule has 1 aromatic heterocycles. The van der Waals surface area contributed by atoms with Crippen molar-refractivity contribution in [3.8, 4) is 0 Å². The van der Waals surface area contributed by atoms with Crippen LogP contribution in [0.2, 0.25) is 0 Å². The summed E-state index contributed by atoms with van der Waals surface area (Å²) in [4.78, 5) is 19.6. The number of carbonyl (C=O) groups excluding carboxylic acids is 1. The molecule has 3 rings (SSSR count). The highest BCUT2D eigenvalue weighted by atomic mass is 32.2. The van der Waals surface area contributed by atoms with E-state index >= 15 is 0 Å². The van der Waals surface area contributed by atoms with Crippen molar-refractivity contribution in [3.63, 3.8) is 0 Å². The van der Waals surface area contributed by atoms with Crippen LogP contribution in [0.4, 0.5) is 11.6 Å². The van der Waals surface area contributed by atoms with Crippen LogP contribution in [0, 0.1) is 13.8 Å². The first-order valence-corrected chi connectivity index (χ1v) is 11.6. The summed E-state index contributed by atoms with van der Waals surface area (Å²) in [6.45, 7) is 4.16. The van der Waals surface area contributed by atoms with E-state index in [2.05, 4.69) is 25.3 Å². The SMILES string of the molecule is CC(=O)N[C@H]1[C@H](O)[C@H](O)[C@H](CO)O[C@H]1Nc1ccc(S(=O)(=O)Nc2nc(C)cc(C)n2)cc1. The lowest BCUT2D eigenvalue weighted by molar-refractivity contribution is -0.188. The quantitative estimate of drug-likeness (QED) is 0.294. The summed E-state index contributed by atoms with van der Waals surface area (Å²) < 4.78 is 33.3. The Labute approximate surface area is 191 Å². The fourth-order valence-electron chi connectivity index (χ4n) is 3.48. The molecule has 33 heavy (non-hydrogen) atoms. The van der Waals surface area contributed by atoms with Crippen LogP contribution in [0.1, 0.15) is 18.3 Å². The molecule has 1 aliphatic heterocycles. The topological polar surface area (TPSA) is 183 Å². The molecule has 12 nitrogen and oxygen atoms in total. The number of rotatable bonds is 7. The molecule has 2 aromatic rings. The average molecular weight is 482 g/mol. The van der Waals surface area contributed by atoms with E-state index in [4.69, 9.17) is 4.74 Å². The number of ether oxygens (including phenoxy) is 1. The van der Waals surface area contributed by atoms with Crippen LogP contribution < -0.4 is 15.4 Å². The van der Waals surface area contributed by atoms with E-state index in [0.717, 1.165) is 0 Å². The summed E-state index contributed by atoms with van der Waals surface area (Å²) in [6, 6.07) is 6.33. The van der Waals surface area contributed by atoms with Crippen LogP contribution in [0.25, 0.3) is 0 Å². The first-order valence-electron chi connectivity index (χ1n) is 10.1. The van der Waals surface area contributed by atoms with E-state index in [1.54, 1.807) is 19.9 Å². The van der Waals surface area contributed by atoms with Crippen LogP contribution in [0.3, 0.4) is 0 Å². The molecule has 5 atom stereocenters. The molecule has 1 saturated heterocycles. The second-order valence-electron chi connectivity index (χ2n) is 7.73. The summed E-state index contributed by atoms with van der Waals surface area (Å²) in [5.41, 5.74) is 1.65. The Morgan fingerprint density at radius 2 is 1.70 bits per heavy atom. The minimum atomic E-state index is -3.95. The van der Waals surface area contributed by atoms with Gasteiger partial charge in [-0.25, -0.2) is 23.1 Å². The second kappa shape index (κ2) is 9.97. The lowest BCUT2D eigenvalue weighted by Gasteiger charge is -2.43. The normalized spacial score (nSPS) is 25.3. The zero-order chi connectivity index (χ0) is 24.3. The molecule has 0 unspecified atom stereocenters. The Morgan fingerprint density at radius 1 is 1.09 bits per heavy atom. The first kappa shape index (κ1) is 24.8. The molecule has 1 aromatic carbocycles. The van der Waals surface area contributed by atoms with Crippen molar-refractivity contribution in [1.29, 1.82) is 0 Å². The number of hydrogen-bond donors (Lipinski definition) is 6. The number of hydrogen-bond acceptors (Lipinski definition) is 10. The number of aliphatic hydroxyl groups is 3. The van der Waals surface area contributed by atoms with Gasteiger partial charge in [0.25, 0.3) is 10.0 Å². The number of benzene rings is 1. The summed E-state index contributed by atoms with van der Waals surface area (Å²) in [6.07, 6.45) is -4.90. The standard InChI is InChI=1S/C20H27N5O7S/c1-10-8-11(2)22-20(21-10)25-33(30,31)14-6-4-13(5-7-14)24-19-16(23-12(3)27)18(29)17(28)15(9-26)32-19/h4-8,15-19,24,26,28-29H,9H2,1-3H3,(H,23,27)(H,21,22,25)/t15-,16-,17+,18-,19+/m0/s1. The number of aromatic nitrogens is 2. The third-order valence-corrected chi connectivity index (χ3v) is 6.32. The number of sulfonamides is 1. The van der Waals surface area contributed by atoms with Crippen molar-refractivity contribution in [1.82, 2.24) is 15.3 Å². The number of aryl methyl sites for hydroxylation is 2. The molecule has 2 heterocycles. The summed E-state index contributed by atoms with van der Waals surface area (Å²) >= 11 is 0. The zero-order valence-corrected chi connectivity index (χ0v) is 19.1. The van der Waals surface area contributed by atoms with Gasteiger partial charge in [-0.2, -0.15) is 0 Å². The molecule has 0 bridgehead atoms. The van der Waals surface area contributed by atoms with Gasteiger partial charge in [0.1, 0.15) is 24.4 Å². The molecule has 0 aliphatic carbocycles. The van der Waals surface area contributed by atoms with Crippen molar-refractivity contribution in [3.05, 3.63) is 41.7 Å². The zero-order valence-electron chi connectivity index (χ0n) is 18.3. The highest BCUT2D eigenvalue weighted by molar-refractivity contribution is 7.92. The van der Waals surface area contributed by atoms with E-state index in [0.29, 0.717) is 17.1 Å². The van der Waals surface area contributed by atoms with E-state index in [1.165, 1.54) is 31.2 Å². The maximum Gasteiger partial charge on any atom is 0.264 e. The third-order valence-electron chi connectivity index (χ3n) is 4.98. The number of amides is 1. The average Bonchev–Trinajstić information content (AvgIpc) is 2.72. The second-order valence-corrected chi connectivity index (χ2v) is 9.42. The Hall–Kier alpha value is -2.84. The van der Waals surface area contributed by atoms with Gasteiger partial charge in [0.05, 0.1) is 11.5 Å². The molecule has 1 amide bonds. The Kier molecular flexibility index (Phi) is 7.49. The lowest BCUT2D eigenvalue weighted by atomic mass is 9.96. The van der Waals surface area contributed by atoms with Crippen LogP contribution in [0.5, 0.6) is 0 Å². The van der Waals surface area contributed by atoms with Gasteiger partial charge < -0.3 is 30.7 Å². The van der Waals surface area contributed by atoms with Gasteiger partial charge in [0.2, 0.25) is 11.9 Å². The molecule has 13 heteroatoms. The van der Waals surface area contributed by atoms with Crippen LogP contribution in [-0.2, 0) is 19.6 Å². The number of carbonyl (C=O) groups is 1. The van der Waals surface area contributed by atoms with E-state index in [1.807, 2.05) is 0 Å². The third kappa shape index (κ3) is 5.94. The molecule has 180 valence electrons.